The van der Waals surface area contributed by atoms with Gasteiger partial charge in [-0.1, -0.05) is 30.3 Å². The summed E-state index contributed by atoms with van der Waals surface area (Å²) in [5.74, 6) is 2.02. The molecule has 0 bridgehead atoms. The number of nitrogens with zero attached hydrogens (tertiary/aromatic N) is 1. The third-order valence-corrected chi connectivity index (χ3v) is 4.76. The molecule has 110 valence electrons. The third kappa shape index (κ3) is 4.32. The average molecular weight is 272 g/mol. The Morgan fingerprint density at radius 1 is 1.05 bits per heavy atom. The first-order chi connectivity index (χ1) is 9.83. The highest BCUT2D eigenvalue weighted by Crippen LogP contribution is 2.44. The fourth-order valence-electron chi connectivity index (χ4n) is 3.13. The lowest BCUT2D eigenvalue weighted by molar-refractivity contribution is 0.314. The van der Waals surface area contributed by atoms with Gasteiger partial charge in [0, 0.05) is 25.7 Å². The third-order valence-electron chi connectivity index (χ3n) is 4.76. The summed E-state index contributed by atoms with van der Waals surface area (Å²) in [5, 5.41) is 3.83. The topological polar surface area (TPSA) is 15.3 Å². The van der Waals surface area contributed by atoms with Crippen molar-refractivity contribution in [2.45, 2.75) is 38.1 Å². The number of nitrogens with one attached hydrogen (secondary N) is 1. The van der Waals surface area contributed by atoms with Crippen LogP contribution in [0.5, 0.6) is 0 Å². The molecule has 0 radical (unpaired) electrons. The van der Waals surface area contributed by atoms with Crippen LogP contribution in [0.2, 0.25) is 0 Å². The van der Waals surface area contributed by atoms with E-state index in [-0.39, 0.29) is 0 Å². The van der Waals surface area contributed by atoms with Crippen LogP contribution in [-0.2, 0) is 6.42 Å². The molecule has 2 aliphatic carbocycles. The van der Waals surface area contributed by atoms with Crippen LogP contribution in [0.1, 0.15) is 31.2 Å². The second-order valence-electron chi connectivity index (χ2n) is 6.69. The van der Waals surface area contributed by atoms with Gasteiger partial charge >= 0.3 is 0 Å². The molecule has 0 aromatic heterocycles. The zero-order valence-electron chi connectivity index (χ0n) is 12.7. The van der Waals surface area contributed by atoms with Gasteiger partial charge in [-0.15, -0.1) is 0 Å². The van der Waals surface area contributed by atoms with E-state index in [1.807, 2.05) is 0 Å². The van der Waals surface area contributed by atoms with E-state index in [4.69, 9.17) is 0 Å². The maximum absolute atomic E-state index is 3.83. The standard InChI is InChI=1S/C18H28N2/c1-20(13-11-15-5-3-2-4-6-15)14-12-19-18(16-7-8-16)17-9-10-17/h2-6,16-19H,7-14H2,1H3. The summed E-state index contributed by atoms with van der Waals surface area (Å²) in [7, 11) is 2.24. The quantitative estimate of drug-likeness (QED) is 0.743. The number of hydrogen-bond donors (Lipinski definition) is 1. The summed E-state index contributed by atoms with van der Waals surface area (Å²) in [6, 6.07) is 11.6. The highest BCUT2D eigenvalue weighted by molar-refractivity contribution is 5.14. The Hall–Kier alpha value is -0.860. The highest BCUT2D eigenvalue weighted by Gasteiger charge is 2.40. The lowest BCUT2D eigenvalue weighted by atomic mass is 10.1. The lowest BCUT2D eigenvalue weighted by Crippen LogP contribution is -2.38. The SMILES string of the molecule is CN(CCNC(C1CC1)C1CC1)CCc1ccccc1. The van der Waals surface area contributed by atoms with Gasteiger partial charge in [0.15, 0.2) is 0 Å². The van der Waals surface area contributed by atoms with Gasteiger partial charge in [-0.3, -0.25) is 0 Å². The van der Waals surface area contributed by atoms with E-state index in [1.165, 1.54) is 37.8 Å². The summed E-state index contributed by atoms with van der Waals surface area (Å²) in [5.41, 5.74) is 1.45. The molecule has 1 N–H and O–H groups in total. The molecule has 20 heavy (non-hydrogen) atoms. The van der Waals surface area contributed by atoms with Crippen LogP contribution in [-0.4, -0.2) is 37.6 Å². The Kier molecular flexibility index (Phi) is 4.74. The second-order valence-corrected chi connectivity index (χ2v) is 6.69. The molecule has 0 heterocycles. The molecule has 2 heteroatoms. The fraction of sp³-hybridized carbons (Fsp3) is 0.667. The van der Waals surface area contributed by atoms with Gasteiger partial charge in [0.05, 0.1) is 0 Å². The van der Waals surface area contributed by atoms with Crippen LogP contribution >= 0.6 is 0 Å². The summed E-state index contributed by atoms with van der Waals surface area (Å²) < 4.78 is 0. The van der Waals surface area contributed by atoms with E-state index in [0.717, 1.165) is 37.4 Å². The van der Waals surface area contributed by atoms with Gasteiger partial charge in [-0.2, -0.15) is 0 Å². The van der Waals surface area contributed by atoms with Crippen LogP contribution in [0.3, 0.4) is 0 Å². The van der Waals surface area contributed by atoms with E-state index >= 15 is 0 Å². The second kappa shape index (κ2) is 6.73. The summed E-state index contributed by atoms with van der Waals surface area (Å²) >= 11 is 0. The van der Waals surface area contributed by atoms with Crippen molar-refractivity contribution < 1.29 is 0 Å². The van der Waals surface area contributed by atoms with Gasteiger partial charge < -0.3 is 10.2 Å². The molecule has 0 atom stereocenters. The smallest absolute Gasteiger partial charge is 0.0124 e. The molecule has 2 fully saturated rings. The molecular weight excluding hydrogens is 244 g/mol. The molecule has 0 aliphatic heterocycles. The molecule has 1 aromatic rings. The van der Waals surface area contributed by atoms with Gasteiger partial charge in [-0.25, -0.2) is 0 Å². The normalized spacial score (nSPS) is 18.9. The Morgan fingerprint density at radius 3 is 2.30 bits per heavy atom. The Morgan fingerprint density at radius 2 is 1.70 bits per heavy atom. The van der Waals surface area contributed by atoms with Crippen molar-refractivity contribution in [2.75, 3.05) is 26.7 Å². The van der Waals surface area contributed by atoms with Crippen LogP contribution < -0.4 is 5.32 Å². The maximum atomic E-state index is 3.83. The average Bonchev–Trinajstić information content (AvgIpc) is 3.36. The van der Waals surface area contributed by atoms with Crippen LogP contribution in [0.4, 0.5) is 0 Å². The van der Waals surface area contributed by atoms with E-state index in [1.54, 1.807) is 0 Å². The molecule has 2 nitrogen and oxygen atoms in total. The molecule has 2 saturated carbocycles. The first kappa shape index (κ1) is 14.1. The summed E-state index contributed by atoms with van der Waals surface area (Å²) in [4.78, 5) is 2.46. The van der Waals surface area contributed by atoms with E-state index in [2.05, 4.69) is 47.6 Å². The first-order valence-corrected chi connectivity index (χ1v) is 8.29. The van der Waals surface area contributed by atoms with E-state index in [9.17, 15) is 0 Å². The van der Waals surface area contributed by atoms with Crippen LogP contribution in [0.15, 0.2) is 30.3 Å². The van der Waals surface area contributed by atoms with Crippen molar-refractivity contribution in [2.24, 2.45) is 11.8 Å². The van der Waals surface area contributed by atoms with Gasteiger partial charge in [0.1, 0.15) is 0 Å². The predicted octanol–water partition coefficient (Wildman–Crippen LogP) is 2.94. The molecule has 0 spiro atoms. The minimum absolute atomic E-state index is 0.845. The minimum Gasteiger partial charge on any atom is -0.312 e. The Bertz CT molecular complexity index is 383. The minimum atomic E-state index is 0.845. The van der Waals surface area contributed by atoms with Crippen molar-refractivity contribution in [3.05, 3.63) is 35.9 Å². The number of rotatable bonds is 9. The molecule has 0 amide bonds. The van der Waals surface area contributed by atoms with Crippen molar-refractivity contribution in [3.63, 3.8) is 0 Å². The first-order valence-electron chi connectivity index (χ1n) is 8.29. The van der Waals surface area contributed by atoms with Gasteiger partial charge in [0.25, 0.3) is 0 Å². The zero-order chi connectivity index (χ0) is 13.8. The highest BCUT2D eigenvalue weighted by atomic mass is 15.1. The zero-order valence-corrected chi connectivity index (χ0v) is 12.7. The fourth-order valence-corrected chi connectivity index (χ4v) is 3.13. The number of hydrogen-bond acceptors (Lipinski definition) is 2. The number of likely N-dealkylation sites (N-methyl/N-ethyl adjacent to an activating group) is 1. The summed E-state index contributed by atoms with van der Waals surface area (Å²) in [6.07, 6.45) is 7.04. The Labute approximate surface area is 123 Å². The number of benzene rings is 1. The lowest BCUT2D eigenvalue weighted by Gasteiger charge is -2.21. The van der Waals surface area contributed by atoms with E-state index in [0.29, 0.717) is 0 Å². The van der Waals surface area contributed by atoms with Gasteiger partial charge in [0.2, 0.25) is 0 Å². The molecule has 3 rings (SSSR count). The van der Waals surface area contributed by atoms with Crippen molar-refractivity contribution in [1.29, 1.82) is 0 Å². The van der Waals surface area contributed by atoms with Crippen LogP contribution in [0.25, 0.3) is 0 Å². The van der Waals surface area contributed by atoms with Gasteiger partial charge in [-0.05, 0) is 56.6 Å². The van der Waals surface area contributed by atoms with Crippen molar-refractivity contribution >= 4 is 0 Å². The molecule has 0 unspecified atom stereocenters. The molecular formula is C18H28N2. The Balaban J connectivity index is 1.31. The monoisotopic (exact) mass is 272 g/mol. The van der Waals surface area contributed by atoms with Crippen LogP contribution in [0, 0.1) is 11.8 Å². The molecule has 2 aliphatic rings. The van der Waals surface area contributed by atoms with Crippen molar-refractivity contribution in [3.8, 4) is 0 Å². The summed E-state index contributed by atoms with van der Waals surface area (Å²) in [6.45, 7) is 3.48. The van der Waals surface area contributed by atoms with E-state index < -0.39 is 0 Å². The molecule has 1 aromatic carbocycles. The molecule has 0 saturated heterocycles. The maximum Gasteiger partial charge on any atom is 0.0124 e. The predicted molar refractivity (Wildman–Crippen MR) is 84.9 cm³/mol. The van der Waals surface area contributed by atoms with Crippen molar-refractivity contribution in [1.82, 2.24) is 10.2 Å². The largest absolute Gasteiger partial charge is 0.312 e.